The van der Waals surface area contributed by atoms with Crippen molar-refractivity contribution < 1.29 is 4.79 Å². The maximum Gasteiger partial charge on any atom is 0.256 e. The lowest BCUT2D eigenvalue weighted by Crippen LogP contribution is -2.12. The molecule has 3 N–H and O–H groups in total. The Labute approximate surface area is 126 Å². The van der Waals surface area contributed by atoms with Gasteiger partial charge in [0.15, 0.2) is 0 Å². The number of rotatable bonds is 2. The van der Waals surface area contributed by atoms with Crippen molar-refractivity contribution in [1.29, 1.82) is 0 Å². The Morgan fingerprint density at radius 3 is 2.95 bits per heavy atom. The molecule has 0 unspecified atom stereocenters. The molecule has 0 saturated heterocycles. The maximum absolute atomic E-state index is 12.5. The monoisotopic (exact) mass is 290 g/mol. The van der Waals surface area contributed by atoms with E-state index < -0.39 is 0 Å². The van der Waals surface area contributed by atoms with E-state index in [1.165, 1.54) is 0 Å². The van der Waals surface area contributed by atoms with Gasteiger partial charge in [0, 0.05) is 28.4 Å². The molecule has 0 aliphatic heterocycles. The molecule has 22 heavy (non-hydrogen) atoms. The lowest BCUT2D eigenvalue weighted by atomic mass is 10.1. The Hall–Kier alpha value is -3.08. The standard InChI is InChI=1S/C17H14N4O/c1-10-19-15-6-5-11(9-16(15)20-10)21-17(22)13-3-2-4-14-12(13)7-8-18-14/h2-9,18H,1H3,(H,19,20)(H,21,22). The molecule has 0 saturated carbocycles. The van der Waals surface area contributed by atoms with Gasteiger partial charge in [0.25, 0.3) is 5.91 Å². The Morgan fingerprint density at radius 1 is 1.14 bits per heavy atom. The Balaban J connectivity index is 1.69. The van der Waals surface area contributed by atoms with Gasteiger partial charge < -0.3 is 15.3 Å². The van der Waals surface area contributed by atoms with Crippen LogP contribution in [0.3, 0.4) is 0 Å². The van der Waals surface area contributed by atoms with Gasteiger partial charge in [-0.3, -0.25) is 4.79 Å². The Bertz CT molecular complexity index is 996. The van der Waals surface area contributed by atoms with Crippen LogP contribution in [0.25, 0.3) is 21.9 Å². The van der Waals surface area contributed by atoms with Gasteiger partial charge in [-0.25, -0.2) is 4.98 Å². The van der Waals surface area contributed by atoms with Gasteiger partial charge in [-0.2, -0.15) is 0 Å². The van der Waals surface area contributed by atoms with Crippen LogP contribution in [-0.2, 0) is 0 Å². The molecule has 0 aliphatic rings. The van der Waals surface area contributed by atoms with Gasteiger partial charge in [0.05, 0.1) is 11.0 Å². The molecule has 0 aliphatic carbocycles. The number of aromatic amines is 2. The summed E-state index contributed by atoms with van der Waals surface area (Å²) < 4.78 is 0. The molecule has 1 amide bonds. The third-order valence-electron chi connectivity index (χ3n) is 3.70. The van der Waals surface area contributed by atoms with Crippen molar-refractivity contribution >= 4 is 33.5 Å². The van der Waals surface area contributed by atoms with E-state index in [-0.39, 0.29) is 5.91 Å². The van der Waals surface area contributed by atoms with Crippen molar-refractivity contribution in [2.45, 2.75) is 6.92 Å². The number of fused-ring (bicyclic) bond motifs is 2. The lowest BCUT2D eigenvalue weighted by Gasteiger charge is -2.06. The second-order valence-electron chi connectivity index (χ2n) is 5.25. The van der Waals surface area contributed by atoms with Crippen molar-refractivity contribution in [2.75, 3.05) is 5.32 Å². The fourth-order valence-electron chi connectivity index (χ4n) is 2.70. The van der Waals surface area contributed by atoms with Gasteiger partial charge in [0.2, 0.25) is 0 Å². The number of nitrogens with one attached hydrogen (secondary N) is 3. The molecule has 2 heterocycles. The van der Waals surface area contributed by atoms with E-state index in [9.17, 15) is 4.79 Å². The lowest BCUT2D eigenvalue weighted by molar-refractivity contribution is 0.102. The number of carbonyl (C=O) groups is 1. The summed E-state index contributed by atoms with van der Waals surface area (Å²) in [4.78, 5) is 23.2. The molecule has 0 atom stereocenters. The Morgan fingerprint density at radius 2 is 2.05 bits per heavy atom. The number of carbonyl (C=O) groups excluding carboxylic acids is 1. The van der Waals surface area contributed by atoms with Crippen LogP contribution in [0.4, 0.5) is 5.69 Å². The number of hydrogen-bond donors (Lipinski definition) is 3. The van der Waals surface area contributed by atoms with E-state index in [0.29, 0.717) is 5.56 Å². The van der Waals surface area contributed by atoms with Crippen molar-refractivity contribution in [3.8, 4) is 0 Å². The van der Waals surface area contributed by atoms with Gasteiger partial charge in [-0.05, 0) is 43.3 Å². The van der Waals surface area contributed by atoms with Crippen LogP contribution in [0.2, 0.25) is 0 Å². The predicted molar refractivity (Wildman–Crippen MR) is 87.1 cm³/mol. The third-order valence-corrected chi connectivity index (χ3v) is 3.70. The SMILES string of the molecule is Cc1nc2ccc(NC(=O)c3cccc4[nH]ccc34)cc2[nH]1. The molecular weight excluding hydrogens is 276 g/mol. The van der Waals surface area contributed by atoms with Crippen LogP contribution in [0.5, 0.6) is 0 Å². The first kappa shape index (κ1) is 12.6. The van der Waals surface area contributed by atoms with Crippen LogP contribution >= 0.6 is 0 Å². The highest BCUT2D eigenvalue weighted by molar-refractivity contribution is 6.12. The summed E-state index contributed by atoms with van der Waals surface area (Å²) >= 11 is 0. The number of aromatic nitrogens is 3. The fourth-order valence-corrected chi connectivity index (χ4v) is 2.70. The average Bonchev–Trinajstić information content (AvgIpc) is 3.11. The number of amides is 1. The minimum absolute atomic E-state index is 0.124. The zero-order chi connectivity index (χ0) is 15.1. The highest BCUT2D eigenvalue weighted by Gasteiger charge is 2.11. The second-order valence-corrected chi connectivity index (χ2v) is 5.25. The Kier molecular flexibility index (Phi) is 2.72. The summed E-state index contributed by atoms with van der Waals surface area (Å²) in [5.41, 5.74) is 4.15. The smallest absolute Gasteiger partial charge is 0.256 e. The number of benzene rings is 2. The molecular formula is C17H14N4O. The average molecular weight is 290 g/mol. The summed E-state index contributed by atoms with van der Waals surface area (Å²) in [7, 11) is 0. The van der Waals surface area contributed by atoms with Gasteiger partial charge in [0.1, 0.15) is 5.82 Å². The molecule has 108 valence electrons. The van der Waals surface area contributed by atoms with Crippen LogP contribution in [-0.4, -0.2) is 20.9 Å². The highest BCUT2D eigenvalue weighted by Crippen LogP contribution is 2.21. The summed E-state index contributed by atoms with van der Waals surface area (Å²) in [6, 6.07) is 13.2. The molecule has 5 nitrogen and oxygen atoms in total. The van der Waals surface area contributed by atoms with E-state index in [1.54, 1.807) is 0 Å². The van der Waals surface area contributed by atoms with Crippen LogP contribution < -0.4 is 5.32 Å². The largest absolute Gasteiger partial charge is 0.361 e. The molecule has 4 aromatic rings. The first-order chi connectivity index (χ1) is 10.7. The normalized spacial score (nSPS) is 11.1. The number of nitrogens with zero attached hydrogens (tertiary/aromatic N) is 1. The van der Waals surface area contributed by atoms with E-state index in [0.717, 1.165) is 33.4 Å². The topological polar surface area (TPSA) is 73.6 Å². The quantitative estimate of drug-likeness (QED) is 0.527. The maximum atomic E-state index is 12.5. The molecule has 0 fully saturated rings. The predicted octanol–water partition coefficient (Wildman–Crippen LogP) is 3.60. The molecule has 0 radical (unpaired) electrons. The highest BCUT2D eigenvalue weighted by atomic mass is 16.1. The zero-order valence-electron chi connectivity index (χ0n) is 12.0. The van der Waals surface area contributed by atoms with Gasteiger partial charge in [-0.15, -0.1) is 0 Å². The molecule has 2 aromatic carbocycles. The second kappa shape index (κ2) is 4.73. The number of aryl methyl sites for hydroxylation is 1. The van der Waals surface area contributed by atoms with Crippen molar-refractivity contribution in [3.63, 3.8) is 0 Å². The van der Waals surface area contributed by atoms with Crippen LogP contribution in [0.1, 0.15) is 16.2 Å². The minimum Gasteiger partial charge on any atom is -0.361 e. The molecule has 0 bridgehead atoms. The number of H-pyrrole nitrogens is 2. The van der Waals surface area contributed by atoms with Gasteiger partial charge >= 0.3 is 0 Å². The minimum atomic E-state index is -0.124. The van der Waals surface area contributed by atoms with Crippen molar-refractivity contribution in [2.24, 2.45) is 0 Å². The molecule has 2 aromatic heterocycles. The van der Waals surface area contributed by atoms with Crippen LogP contribution in [0, 0.1) is 6.92 Å². The number of hydrogen-bond acceptors (Lipinski definition) is 2. The summed E-state index contributed by atoms with van der Waals surface area (Å²) in [5.74, 6) is 0.733. The number of imidazole rings is 1. The molecule has 5 heteroatoms. The third kappa shape index (κ3) is 2.03. The van der Waals surface area contributed by atoms with E-state index in [4.69, 9.17) is 0 Å². The summed E-state index contributed by atoms with van der Waals surface area (Å²) in [5, 5.41) is 3.86. The molecule has 4 rings (SSSR count). The first-order valence-electron chi connectivity index (χ1n) is 7.04. The summed E-state index contributed by atoms with van der Waals surface area (Å²) in [6.45, 7) is 1.91. The van der Waals surface area contributed by atoms with Crippen molar-refractivity contribution in [1.82, 2.24) is 15.0 Å². The van der Waals surface area contributed by atoms with E-state index in [2.05, 4.69) is 20.3 Å². The van der Waals surface area contributed by atoms with Crippen molar-refractivity contribution in [3.05, 3.63) is 60.0 Å². The molecule has 0 spiro atoms. The summed E-state index contributed by atoms with van der Waals surface area (Å²) in [6.07, 6.45) is 1.83. The number of anilines is 1. The zero-order valence-corrected chi connectivity index (χ0v) is 12.0. The van der Waals surface area contributed by atoms with E-state index >= 15 is 0 Å². The fraction of sp³-hybridized carbons (Fsp3) is 0.0588. The van der Waals surface area contributed by atoms with Crippen LogP contribution in [0.15, 0.2) is 48.7 Å². The van der Waals surface area contributed by atoms with E-state index in [1.807, 2.05) is 55.6 Å². The van der Waals surface area contributed by atoms with Gasteiger partial charge in [-0.1, -0.05) is 6.07 Å². The first-order valence-corrected chi connectivity index (χ1v) is 7.04.